The van der Waals surface area contributed by atoms with E-state index in [1.165, 1.54) is 28.0 Å². The van der Waals surface area contributed by atoms with Gasteiger partial charge in [0.15, 0.2) is 10.8 Å². The third kappa shape index (κ3) is 6.36. The van der Waals surface area contributed by atoms with Crippen LogP contribution in [-0.4, -0.2) is 49.3 Å². The zero-order valence-corrected chi connectivity index (χ0v) is 28.0. The lowest BCUT2D eigenvalue weighted by molar-refractivity contribution is 0.0205. The van der Waals surface area contributed by atoms with Gasteiger partial charge in [-0.2, -0.15) is 5.26 Å². The minimum atomic E-state index is -0.510. The van der Waals surface area contributed by atoms with Crippen LogP contribution < -0.4 is 0 Å². The summed E-state index contributed by atoms with van der Waals surface area (Å²) in [5.41, 5.74) is 4.04. The number of rotatable bonds is 6. The highest BCUT2D eigenvalue weighted by atomic mass is 32.2. The Morgan fingerprint density at radius 3 is 2.43 bits per heavy atom. The first-order valence-corrected chi connectivity index (χ1v) is 17.1. The Hall–Kier alpha value is -3.42. The maximum atomic E-state index is 12.7. The number of amides is 1. The molecule has 0 unspecified atom stereocenters. The first kappa shape index (κ1) is 30.6. The lowest BCUT2D eigenvalue weighted by Crippen LogP contribution is -2.41. The van der Waals surface area contributed by atoms with Gasteiger partial charge in [-0.3, -0.25) is 4.40 Å². The third-order valence-corrected chi connectivity index (χ3v) is 10.6. The van der Waals surface area contributed by atoms with E-state index in [-0.39, 0.29) is 17.4 Å². The number of pyridine rings is 1. The van der Waals surface area contributed by atoms with Crippen LogP contribution in [0.15, 0.2) is 47.6 Å². The second-order valence-corrected chi connectivity index (χ2v) is 16.1. The molecule has 3 aromatic heterocycles. The van der Waals surface area contributed by atoms with Crippen LogP contribution in [0.2, 0.25) is 0 Å². The van der Waals surface area contributed by atoms with Crippen molar-refractivity contribution in [3.8, 4) is 16.9 Å². The molecule has 1 aliphatic heterocycles. The average Bonchev–Trinajstić information content (AvgIpc) is 3.41. The maximum absolute atomic E-state index is 12.7. The first-order chi connectivity index (χ1) is 20.8. The van der Waals surface area contributed by atoms with Crippen LogP contribution in [0.25, 0.3) is 16.3 Å². The Morgan fingerprint density at radius 1 is 1.11 bits per heavy atom. The minimum Gasteiger partial charge on any atom is -0.444 e. The second-order valence-electron chi connectivity index (χ2n) is 14.1. The smallest absolute Gasteiger partial charge is 0.410 e. The van der Waals surface area contributed by atoms with Crippen molar-refractivity contribution in [2.45, 2.75) is 100 Å². The van der Waals surface area contributed by atoms with E-state index in [1.54, 1.807) is 0 Å². The number of fused-ring (bicyclic) bond motifs is 1. The van der Waals surface area contributed by atoms with Gasteiger partial charge in [-0.15, -0.1) is 22.0 Å². The van der Waals surface area contributed by atoms with Gasteiger partial charge in [0.1, 0.15) is 16.0 Å². The van der Waals surface area contributed by atoms with Crippen molar-refractivity contribution in [1.29, 1.82) is 5.26 Å². The molecule has 0 N–H and O–H groups in total. The number of hydrogen-bond acceptors (Lipinski definition) is 8. The summed E-state index contributed by atoms with van der Waals surface area (Å²) in [5, 5.41) is 20.1. The van der Waals surface area contributed by atoms with Crippen LogP contribution >= 0.6 is 23.1 Å². The normalized spacial score (nSPS) is 17.1. The Bertz CT molecular complexity index is 1710. The highest BCUT2D eigenvalue weighted by Crippen LogP contribution is 2.49. The molecule has 8 nitrogen and oxygen atoms in total. The van der Waals surface area contributed by atoms with E-state index < -0.39 is 11.0 Å². The Balaban J connectivity index is 1.29. The van der Waals surface area contributed by atoms with Crippen LogP contribution in [-0.2, 0) is 21.3 Å². The summed E-state index contributed by atoms with van der Waals surface area (Å²) in [4.78, 5) is 20.5. The second kappa shape index (κ2) is 11.5. The molecular weight excluding hydrogens is 589 g/mol. The number of imidazole rings is 1. The number of aromatic nitrogens is 4. The van der Waals surface area contributed by atoms with Crippen molar-refractivity contribution in [1.82, 2.24) is 24.5 Å². The van der Waals surface area contributed by atoms with E-state index in [0.29, 0.717) is 13.1 Å². The number of carbonyl (C=O) groups is 1. The summed E-state index contributed by atoms with van der Waals surface area (Å²) < 4.78 is 7.79. The number of ether oxygens (including phenoxy) is 1. The molecule has 1 aliphatic carbocycles. The van der Waals surface area contributed by atoms with Crippen LogP contribution in [0, 0.1) is 11.3 Å². The van der Waals surface area contributed by atoms with Crippen molar-refractivity contribution >= 4 is 34.7 Å². The number of nitrogens with zero attached hydrogens (tertiary/aromatic N) is 6. The summed E-state index contributed by atoms with van der Waals surface area (Å²) in [6.07, 6.45) is 7.23. The van der Waals surface area contributed by atoms with E-state index in [4.69, 9.17) is 9.72 Å². The predicted octanol–water partition coefficient (Wildman–Crippen LogP) is 8.11. The van der Waals surface area contributed by atoms with Crippen molar-refractivity contribution < 1.29 is 9.53 Å². The molecule has 2 fully saturated rings. The quantitative estimate of drug-likeness (QED) is 0.199. The largest absolute Gasteiger partial charge is 0.444 e. The standard InChI is InChI=1S/C34H40N6O2S2/c1-32(2,3)24-9-7-22(8-10-24)20-43-25-17-26(23-11-15-39(16-12-23)31(41)42-33(4,5)6)27-18-36-28(40(27)19-25)29-37-38-30(44-29)34(21-35)13-14-34/h7-10,17-19,23H,11-16,20H2,1-6H3. The number of piperidine rings is 1. The summed E-state index contributed by atoms with van der Waals surface area (Å²) in [6, 6.07) is 13.7. The van der Waals surface area contributed by atoms with E-state index in [2.05, 4.69) is 78.0 Å². The lowest BCUT2D eigenvalue weighted by atomic mass is 9.87. The number of benzene rings is 1. The Labute approximate surface area is 267 Å². The Kier molecular flexibility index (Phi) is 8.00. The lowest BCUT2D eigenvalue weighted by Gasteiger charge is -2.34. The van der Waals surface area contributed by atoms with Crippen LogP contribution in [0.1, 0.15) is 94.8 Å². The van der Waals surface area contributed by atoms with Crippen LogP contribution in [0.4, 0.5) is 4.79 Å². The third-order valence-electron chi connectivity index (χ3n) is 8.45. The van der Waals surface area contributed by atoms with Gasteiger partial charge in [0.2, 0.25) is 0 Å². The summed E-state index contributed by atoms with van der Waals surface area (Å²) >= 11 is 3.29. The van der Waals surface area contributed by atoms with Gasteiger partial charge in [-0.05, 0) is 80.5 Å². The van der Waals surface area contributed by atoms with E-state index in [9.17, 15) is 10.1 Å². The molecule has 1 amide bonds. The molecule has 4 aromatic rings. The molecule has 44 heavy (non-hydrogen) atoms. The van der Waals surface area contributed by atoms with Crippen molar-refractivity contribution in [3.05, 3.63) is 64.4 Å². The molecule has 10 heteroatoms. The summed E-state index contributed by atoms with van der Waals surface area (Å²) in [5.74, 6) is 1.89. The molecule has 4 heterocycles. The monoisotopic (exact) mass is 628 g/mol. The van der Waals surface area contributed by atoms with Crippen LogP contribution in [0.3, 0.4) is 0 Å². The summed E-state index contributed by atoms with van der Waals surface area (Å²) in [6.45, 7) is 13.7. The molecular formula is C34H40N6O2S2. The van der Waals surface area contributed by atoms with E-state index in [0.717, 1.165) is 57.7 Å². The molecule has 0 bridgehead atoms. The number of nitriles is 1. The number of hydrogen-bond donors (Lipinski definition) is 0. The fourth-order valence-electron chi connectivity index (χ4n) is 5.63. The molecule has 1 aromatic carbocycles. The fraction of sp³-hybridized carbons (Fsp3) is 0.500. The minimum absolute atomic E-state index is 0.124. The van der Waals surface area contributed by atoms with Crippen molar-refractivity contribution in [2.24, 2.45) is 0 Å². The highest BCUT2D eigenvalue weighted by molar-refractivity contribution is 7.98. The molecule has 1 saturated heterocycles. The zero-order chi connectivity index (χ0) is 31.3. The number of carbonyl (C=O) groups excluding carboxylic acids is 1. The Morgan fingerprint density at radius 2 is 1.82 bits per heavy atom. The van der Waals surface area contributed by atoms with Crippen LogP contribution in [0.5, 0.6) is 0 Å². The van der Waals surface area contributed by atoms with Gasteiger partial charge in [0.05, 0.1) is 17.8 Å². The van der Waals surface area contributed by atoms with Crippen molar-refractivity contribution in [2.75, 3.05) is 13.1 Å². The zero-order valence-electron chi connectivity index (χ0n) is 26.4. The average molecular weight is 629 g/mol. The highest BCUT2D eigenvalue weighted by Gasteiger charge is 2.48. The first-order valence-electron chi connectivity index (χ1n) is 15.3. The van der Waals surface area contributed by atoms with Gasteiger partial charge >= 0.3 is 6.09 Å². The maximum Gasteiger partial charge on any atom is 0.410 e. The van der Waals surface area contributed by atoms with Gasteiger partial charge < -0.3 is 9.64 Å². The van der Waals surface area contributed by atoms with Gasteiger partial charge in [-0.25, -0.2) is 9.78 Å². The predicted molar refractivity (Wildman–Crippen MR) is 175 cm³/mol. The molecule has 0 atom stereocenters. The molecule has 1 saturated carbocycles. The van der Waals surface area contributed by atoms with E-state index >= 15 is 0 Å². The molecule has 2 aliphatic rings. The van der Waals surface area contributed by atoms with Crippen molar-refractivity contribution in [3.63, 3.8) is 0 Å². The van der Waals surface area contributed by atoms with Gasteiger partial charge in [-0.1, -0.05) is 56.4 Å². The molecule has 0 radical (unpaired) electrons. The molecule has 230 valence electrons. The fourth-order valence-corrected chi connectivity index (χ4v) is 7.58. The molecule has 6 rings (SSSR count). The topological polar surface area (TPSA) is 96.4 Å². The van der Waals surface area contributed by atoms with Gasteiger partial charge in [0.25, 0.3) is 0 Å². The summed E-state index contributed by atoms with van der Waals surface area (Å²) in [7, 11) is 0. The van der Waals surface area contributed by atoms with E-state index in [1.807, 2.05) is 43.6 Å². The molecule has 0 spiro atoms. The number of thioether (sulfide) groups is 1. The van der Waals surface area contributed by atoms with Gasteiger partial charge in [0, 0.05) is 29.9 Å². The number of likely N-dealkylation sites (tertiary alicyclic amines) is 1. The SMILES string of the molecule is CC(C)(C)OC(=O)N1CCC(c2cc(SCc3ccc(C(C)(C)C)cc3)cn3c(-c4nnc(C5(C#N)CC5)s4)ncc23)CC1.